The largest absolute Gasteiger partial charge is 0.478 e. The highest BCUT2D eigenvalue weighted by molar-refractivity contribution is 6.58. The third kappa shape index (κ3) is 4.21. The summed E-state index contributed by atoms with van der Waals surface area (Å²) in [4.78, 5) is 14.9. The van der Waals surface area contributed by atoms with E-state index in [0.29, 0.717) is 17.0 Å². The van der Waals surface area contributed by atoms with Crippen molar-refractivity contribution < 1.29 is 23.6 Å². The molecule has 27 heavy (non-hydrogen) atoms. The highest BCUT2D eigenvalue weighted by Crippen LogP contribution is 2.30. The summed E-state index contributed by atoms with van der Waals surface area (Å²) in [6.45, 7) is 0.127. The smallest absolute Gasteiger partial charge is 0.337 e. The standard InChI is InChI=1S/C17H16B3FN2O4/c18-17(19,20)15-12(8-26-13-6-3-10(7-22-13)16(24)25)14(23-27-15)9-1-4-11(21)5-2-9/h1-7H,8,18-20H2,(H,24,25). The Balaban J connectivity index is 1.91. The maximum Gasteiger partial charge on any atom is 0.337 e. The zero-order valence-corrected chi connectivity index (χ0v) is 15.2. The lowest BCUT2D eigenvalue weighted by Gasteiger charge is -2.16. The summed E-state index contributed by atoms with van der Waals surface area (Å²) in [6.07, 6.45) is 1.23. The summed E-state index contributed by atoms with van der Waals surface area (Å²) in [5, 5.41) is 12.8. The predicted octanol–water partition coefficient (Wildman–Crippen LogP) is 0.162. The monoisotopic (exact) mass is 364 g/mol. The Morgan fingerprint density at radius 1 is 1.19 bits per heavy atom. The molecule has 0 amide bonds. The summed E-state index contributed by atoms with van der Waals surface area (Å²) >= 11 is 0. The number of halogens is 1. The number of pyridine rings is 1. The minimum Gasteiger partial charge on any atom is -0.478 e. The molecule has 1 N–H and O–H groups in total. The van der Waals surface area contributed by atoms with Crippen LogP contribution in [0.4, 0.5) is 4.39 Å². The number of benzene rings is 1. The van der Waals surface area contributed by atoms with Gasteiger partial charge in [-0.05, 0) is 30.3 Å². The number of carbonyl (C=O) groups is 1. The summed E-state index contributed by atoms with van der Waals surface area (Å²) in [5.41, 5.74) is 2.10. The van der Waals surface area contributed by atoms with E-state index in [9.17, 15) is 9.18 Å². The second-order valence-corrected chi connectivity index (χ2v) is 7.07. The Morgan fingerprint density at radius 2 is 1.89 bits per heavy atom. The highest BCUT2D eigenvalue weighted by atomic mass is 19.1. The van der Waals surface area contributed by atoms with Gasteiger partial charge in [-0.3, -0.25) is 0 Å². The topological polar surface area (TPSA) is 85.5 Å². The molecule has 6 nitrogen and oxygen atoms in total. The van der Waals surface area contributed by atoms with Crippen molar-refractivity contribution >= 4 is 29.5 Å². The van der Waals surface area contributed by atoms with Crippen LogP contribution < -0.4 is 4.74 Å². The molecular weight excluding hydrogens is 348 g/mol. The molecule has 0 aliphatic carbocycles. The van der Waals surface area contributed by atoms with Crippen LogP contribution in [0.2, 0.25) is 0 Å². The van der Waals surface area contributed by atoms with Gasteiger partial charge in [-0.15, -0.1) is 0 Å². The Morgan fingerprint density at radius 3 is 2.44 bits per heavy atom. The lowest BCUT2D eigenvalue weighted by Crippen LogP contribution is -2.28. The predicted molar refractivity (Wildman–Crippen MR) is 105 cm³/mol. The molecule has 10 heteroatoms. The molecule has 0 fully saturated rings. The maximum atomic E-state index is 13.2. The van der Waals surface area contributed by atoms with Gasteiger partial charge in [0.15, 0.2) is 0 Å². The molecule has 1 aromatic carbocycles. The zero-order valence-electron chi connectivity index (χ0n) is 15.2. The van der Waals surface area contributed by atoms with E-state index in [-0.39, 0.29) is 29.0 Å². The van der Waals surface area contributed by atoms with Gasteiger partial charge in [-0.25, -0.2) is 14.2 Å². The van der Waals surface area contributed by atoms with Crippen LogP contribution in [0.1, 0.15) is 21.7 Å². The van der Waals surface area contributed by atoms with Crippen LogP contribution in [0.5, 0.6) is 5.88 Å². The van der Waals surface area contributed by atoms with Crippen LogP contribution in [0.15, 0.2) is 47.1 Å². The lowest BCUT2D eigenvalue weighted by molar-refractivity contribution is 0.0696. The first kappa shape index (κ1) is 18.8. The summed E-state index contributed by atoms with van der Waals surface area (Å²) in [6, 6.07) is 8.89. The minimum atomic E-state index is -1.05. The Hall–Kier alpha value is -3.03. The third-order valence-corrected chi connectivity index (χ3v) is 3.93. The van der Waals surface area contributed by atoms with Crippen LogP contribution in [0.25, 0.3) is 11.3 Å². The van der Waals surface area contributed by atoms with E-state index >= 15 is 0 Å². The van der Waals surface area contributed by atoms with Crippen LogP contribution in [0, 0.1) is 5.82 Å². The van der Waals surface area contributed by atoms with E-state index in [0.717, 1.165) is 5.56 Å². The molecule has 0 spiro atoms. The van der Waals surface area contributed by atoms with Crippen molar-refractivity contribution in [2.75, 3.05) is 0 Å². The number of hydrogen-bond donors (Lipinski definition) is 1. The van der Waals surface area contributed by atoms with Crippen LogP contribution in [-0.2, 0) is 11.7 Å². The number of hydrogen-bond acceptors (Lipinski definition) is 5. The normalized spacial score (nSPS) is 11.3. The van der Waals surface area contributed by atoms with E-state index in [1.54, 1.807) is 12.1 Å². The minimum absolute atomic E-state index is 0.0784. The molecular formula is C17H16B3FN2O4. The van der Waals surface area contributed by atoms with E-state index in [1.165, 1.54) is 30.5 Å². The Labute approximate surface area is 158 Å². The quantitative estimate of drug-likeness (QED) is 0.628. The molecule has 2 heterocycles. The molecule has 2 aromatic heterocycles. The van der Waals surface area contributed by atoms with Crippen molar-refractivity contribution in [2.45, 2.75) is 11.7 Å². The molecule has 0 saturated carbocycles. The number of ether oxygens (including phenoxy) is 1. The van der Waals surface area contributed by atoms with E-state index < -0.39 is 5.97 Å². The Kier molecular flexibility index (Phi) is 5.07. The zero-order chi connectivity index (χ0) is 19.6. The molecule has 0 aliphatic heterocycles. The van der Waals surface area contributed by atoms with Gasteiger partial charge >= 0.3 is 5.97 Å². The lowest BCUT2D eigenvalue weighted by atomic mass is 9.41. The number of carboxylic acids is 1. The first-order valence-corrected chi connectivity index (χ1v) is 8.33. The van der Waals surface area contributed by atoms with Gasteiger partial charge in [0.2, 0.25) is 5.88 Å². The summed E-state index contributed by atoms with van der Waals surface area (Å²) < 4.78 is 24.5. The summed E-state index contributed by atoms with van der Waals surface area (Å²) in [7, 11) is 5.97. The average molecular weight is 364 g/mol. The fourth-order valence-electron chi connectivity index (χ4n) is 2.61. The average Bonchev–Trinajstić information content (AvgIpc) is 3.05. The van der Waals surface area contributed by atoms with Crippen LogP contribution >= 0.6 is 0 Å². The first-order chi connectivity index (χ1) is 12.8. The van der Waals surface area contributed by atoms with Crippen molar-refractivity contribution in [3.05, 3.63) is 65.3 Å². The van der Waals surface area contributed by atoms with Crippen LogP contribution in [0.3, 0.4) is 0 Å². The SMILES string of the molecule is BC(B)(B)c1onc(-c2ccc(F)cc2)c1COc1ccc(C(=O)O)cn1. The molecule has 0 radical (unpaired) electrons. The molecule has 134 valence electrons. The van der Waals surface area contributed by atoms with Gasteiger partial charge in [0, 0.05) is 17.8 Å². The van der Waals surface area contributed by atoms with Gasteiger partial charge in [-0.2, -0.15) is 0 Å². The van der Waals surface area contributed by atoms with Gasteiger partial charge in [0.05, 0.1) is 34.7 Å². The summed E-state index contributed by atoms with van der Waals surface area (Å²) in [5.74, 6) is -0.449. The number of rotatable bonds is 6. The van der Waals surface area contributed by atoms with E-state index in [1.807, 2.05) is 23.5 Å². The molecule has 0 unspecified atom stereocenters. The highest BCUT2D eigenvalue weighted by Gasteiger charge is 2.27. The van der Waals surface area contributed by atoms with Crippen molar-refractivity contribution in [2.24, 2.45) is 0 Å². The Bertz CT molecular complexity index is 954. The number of carboxylic acid groups (broad SMARTS) is 1. The van der Waals surface area contributed by atoms with Crippen molar-refractivity contribution in [3.8, 4) is 17.1 Å². The number of aromatic nitrogens is 2. The molecule has 3 rings (SSSR count). The maximum absolute atomic E-state index is 13.2. The first-order valence-electron chi connectivity index (χ1n) is 8.33. The fourth-order valence-corrected chi connectivity index (χ4v) is 2.61. The number of aromatic carboxylic acids is 1. The van der Waals surface area contributed by atoms with Gasteiger partial charge in [0.1, 0.15) is 23.9 Å². The van der Waals surface area contributed by atoms with Gasteiger partial charge in [-0.1, -0.05) is 10.3 Å². The van der Waals surface area contributed by atoms with Crippen molar-refractivity contribution in [3.63, 3.8) is 0 Å². The molecule has 3 aromatic rings. The van der Waals surface area contributed by atoms with Gasteiger partial charge in [0.25, 0.3) is 0 Å². The van der Waals surface area contributed by atoms with Gasteiger partial charge < -0.3 is 14.4 Å². The third-order valence-electron chi connectivity index (χ3n) is 3.93. The molecule has 0 bridgehead atoms. The van der Waals surface area contributed by atoms with Crippen molar-refractivity contribution in [1.82, 2.24) is 10.1 Å². The molecule has 0 atom stereocenters. The van der Waals surface area contributed by atoms with Crippen molar-refractivity contribution in [1.29, 1.82) is 0 Å². The molecule has 0 saturated heterocycles. The second-order valence-electron chi connectivity index (χ2n) is 7.07. The fraction of sp³-hybridized carbons (Fsp3) is 0.118. The second kappa shape index (κ2) is 7.30. The molecule has 0 aliphatic rings. The van der Waals surface area contributed by atoms with E-state index in [2.05, 4.69) is 10.1 Å². The van der Waals surface area contributed by atoms with Crippen LogP contribution in [-0.4, -0.2) is 44.8 Å². The number of nitrogens with zero attached hydrogens (tertiary/aromatic N) is 2. The van der Waals surface area contributed by atoms with E-state index in [4.69, 9.17) is 14.4 Å².